The van der Waals surface area contributed by atoms with E-state index in [0.29, 0.717) is 0 Å². The molecule has 0 radical (unpaired) electrons. The molecule has 9 aromatic carbocycles. The standard InChI is InChI=1S/C50H33NO/c1-2-12-39-32-41(27-26-34(39)10-1)36-24-22-35(23-25-36)40-14-7-15-43(33-40)51(47-19-9-21-49-50(47)46-17-5-6-20-48(46)52-49)42-30-28-38(29-31-42)45-18-8-13-37-11-3-4-16-44(37)45/h1-33H. The molecular formula is C50H33NO. The summed E-state index contributed by atoms with van der Waals surface area (Å²) in [4.78, 5) is 2.37. The van der Waals surface area contributed by atoms with Crippen molar-refractivity contribution in [2.75, 3.05) is 4.90 Å². The lowest BCUT2D eigenvalue weighted by Gasteiger charge is -2.27. The van der Waals surface area contributed by atoms with Gasteiger partial charge in [0.2, 0.25) is 0 Å². The van der Waals surface area contributed by atoms with E-state index in [1.54, 1.807) is 0 Å². The van der Waals surface area contributed by atoms with Crippen LogP contribution in [0.5, 0.6) is 0 Å². The Morgan fingerprint density at radius 3 is 1.75 bits per heavy atom. The fraction of sp³-hybridized carbons (Fsp3) is 0. The lowest BCUT2D eigenvalue weighted by atomic mass is 9.97. The number of nitrogens with zero attached hydrogens (tertiary/aromatic N) is 1. The van der Waals surface area contributed by atoms with Crippen molar-refractivity contribution in [1.82, 2.24) is 0 Å². The molecule has 0 amide bonds. The lowest BCUT2D eigenvalue weighted by Crippen LogP contribution is -2.10. The maximum Gasteiger partial charge on any atom is 0.137 e. The molecule has 0 aliphatic carbocycles. The third-order valence-electron chi connectivity index (χ3n) is 10.3. The van der Waals surface area contributed by atoms with Gasteiger partial charge in [-0.2, -0.15) is 0 Å². The van der Waals surface area contributed by atoms with E-state index in [2.05, 4.69) is 193 Å². The number of hydrogen-bond donors (Lipinski definition) is 0. The second-order valence-corrected chi connectivity index (χ2v) is 13.3. The molecule has 52 heavy (non-hydrogen) atoms. The van der Waals surface area contributed by atoms with Crippen molar-refractivity contribution in [2.24, 2.45) is 0 Å². The van der Waals surface area contributed by atoms with Crippen LogP contribution < -0.4 is 4.90 Å². The van der Waals surface area contributed by atoms with Crippen molar-refractivity contribution < 1.29 is 4.42 Å². The van der Waals surface area contributed by atoms with Gasteiger partial charge in [-0.05, 0) is 103 Å². The topological polar surface area (TPSA) is 16.4 Å². The Morgan fingerprint density at radius 1 is 0.327 bits per heavy atom. The van der Waals surface area contributed by atoms with Gasteiger partial charge in [0.15, 0.2) is 0 Å². The lowest BCUT2D eigenvalue weighted by molar-refractivity contribution is 0.669. The Bertz CT molecular complexity index is 2890. The smallest absolute Gasteiger partial charge is 0.137 e. The molecule has 244 valence electrons. The van der Waals surface area contributed by atoms with Gasteiger partial charge >= 0.3 is 0 Å². The predicted octanol–water partition coefficient (Wildman–Crippen LogP) is 14.4. The number of rotatable bonds is 6. The number of fused-ring (bicyclic) bond motifs is 5. The van der Waals surface area contributed by atoms with Gasteiger partial charge in [-0.15, -0.1) is 0 Å². The molecule has 2 heteroatoms. The van der Waals surface area contributed by atoms with E-state index in [0.717, 1.165) is 44.6 Å². The molecule has 0 fully saturated rings. The van der Waals surface area contributed by atoms with Gasteiger partial charge in [-0.1, -0.05) is 152 Å². The zero-order valence-corrected chi connectivity index (χ0v) is 28.4. The largest absolute Gasteiger partial charge is 0.456 e. The molecule has 0 bridgehead atoms. The number of anilines is 3. The van der Waals surface area contributed by atoms with E-state index in [1.165, 1.54) is 49.4 Å². The molecule has 2 nitrogen and oxygen atoms in total. The first kappa shape index (κ1) is 30.0. The Hall–Kier alpha value is -6.90. The molecule has 0 unspecified atom stereocenters. The van der Waals surface area contributed by atoms with E-state index in [4.69, 9.17) is 4.42 Å². The third kappa shape index (κ3) is 5.21. The van der Waals surface area contributed by atoms with E-state index >= 15 is 0 Å². The Labute approximate surface area is 302 Å². The monoisotopic (exact) mass is 663 g/mol. The zero-order chi connectivity index (χ0) is 34.4. The van der Waals surface area contributed by atoms with Crippen LogP contribution in [-0.4, -0.2) is 0 Å². The average molecular weight is 664 g/mol. The van der Waals surface area contributed by atoms with Crippen molar-refractivity contribution >= 4 is 60.5 Å². The number of hydrogen-bond acceptors (Lipinski definition) is 2. The Balaban J connectivity index is 1.08. The van der Waals surface area contributed by atoms with E-state index in [9.17, 15) is 0 Å². The molecular weight excluding hydrogens is 631 g/mol. The van der Waals surface area contributed by atoms with Crippen molar-refractivity contribution in [1.29, 1.82) is 0 Å². The summed E-state index contributed by atoms with van der Waals surface area (Å²) in [7, 11) is 0. The van der Waals surface area contributed by atoms with Crippen LogP contribution in [0, 0.1) is 0 Å². The van der Waals surface area contributed by atoms with Gasteiger partial charge in [0.25, 0.3) is 0 Å². The van der Waals surface area contributed by atoms with E-state index in [1.807, 2.05) is 12.1 Å². The fourth-order valence-electron chi connectivity index (χ4n) is 7.69. The van der Waals surface area contributed by atoms with Gasteiger partial charge < -0.3 is 9.32 Å². The van der Waals surface area contributed by atoms with Crippen LogP contribution in [0.4, 0.5) is 17.1 Å². The molecule has 0 aliphatic rings. The average Bonchev–Trinajstić information content (AvgIpc) is 3.61. The van der Waals surface area contributed by atoms with Crippen LogP contribution >= 0.6 is 0 Å². The van der Waals surface area contributed by atoms with Gasteiger partial charge in [0.05, 0.1) is 11.1 Å². The normalized spacial score (nSPS) is 11.5. The van der Waals surface area contributed by atoms with Gasteiger partial charge in [0.1, 0.15) is 11.2 Å². The minimum absolute atomic E-state index is 0.872. The van der Waals surface area contributed by atoms with Gasteiger partial charge in [-0.3, -0.25) is 0 Å². The number of furan rings is 1. The first-order chi connectivity index (χ1) is 25.8. The van der Waals surface area contributed by atoms with E-state index in [-0.39, 0.29) is 0 Å². The second kappa shape index (κ2) is 12.5. The first-order valence-electron chi connectivity index (χ1n) is 17.8. The molecule has 0 N–H and O–H groups in total. The quantitative estimate of drug-likeness (QED) is 0.176. The summed E-state index contributed by atoms with van der Waals surface area (Å²) < 4.78 is 6.37. The van der Waals surface area contributed by atoms with Crippen LogP contribution in [0.1, 0.15) is 0 Å². The summed E-state index contributed by atoms with van der Waals surface area (Å²) in [6.07, 6.45) is 0. The fourth-order valence-corrected chi connectivity index (χ4v) is 7.69. The van der Waals surface area contributed by atoms with Crippen LogP contribution in [0.2, 0.25) is 0 Å². The first-order valence-corrected chi connectivity index (χ1v) is 17.8. The third-order valence-corrected chi connectivity index (χ3v) is 10.3. The van der Waals surface area contributed by atoms with Gasteiger partial charge in [-0.25, -0.2) is 0 Å². The number of para-hydroxylation sites is 1. The van der Waals surface area contributed by atoms with Crippen molar-refractivity contribution in [2.45, 2.75) is 0 Å². The van der Waals surface area contributed by atoms with Crippen LogP contribution in [0.3, 0.4) is 0 Å². The van der Waals surface area contributed by atoms with Crippen LogP contribution in [0.15, 0.2) is 205 Å². The molecule has 0 spiro atoms. The highest BCUT2D eigenvalue weighted by molar-refractivity contribution is 6.13. The molecule has 10 aromatic rings. The van der Waals surface area contributed by atoms with Crippen LogP contribution in [-0.2, 0) is 0 Å². The minimum atomic E-state index is 0.872. The molecule has 0 atom stereocenters. The van der Waals surface area contributed by atoms with Crippen molar-refractivity contribution in [3.05, 3.63) is 200 Å². The highest BCUT2D eigenvalue weighted by Crippen LogP contribution is 2.44. The number of benzene rings is 9. The highest BCUT2D eigenvalue weighted by atomic mass is 16.3. The molecule has 0 aliphatic heterocycles. The molecule has 1 aromatic heterocycles. The minimum Gasteiger partial charge on any atom is -0.456 e. The zero-order valence-electron chi connectivity index (χ0n) is 28.4. The van der Waals surface area contributed by atoms with E-state index < -0.39 is 0 Å². The molecule has 10 rings (SSSR count). The summed E-state index contributed by atoms with van der Waals surface area (Å²) in [5.74, 6) is 0. The maximum absolute atomic E-state index is 6.37. The van der Waals surface area contributed by atoms with Gasteiger partial charge in [0, 0.05) is 16.8 Å². The summed E-state index contributed by atoms with van der Waals surface area (Å²) in [6.45, 7) is 0. The molecule has 0 saturated carbocycles. The van der Waals surface area contributed by atoms with Crippen molar-refractivity contribution in [3.63, 3.8) is 0 Å². The SMILES string of the molecule is c1cc(-c2ccc(-c3ccc4ccccc4c3)cc2)cc(N(c2ccc(-c3cccc4ccccc34)cc2)c2cccc3oc4ccccc4c23)c1. The maximum atomic E-state index is 6.37. The molecule has 1 heterocycles. The molecule has 0 saturated heterocycles. The Kier molecular flexibility index (Phi) is 7.18. The second-order valence-electron chi connectivity index (χ2n) is 13.3. The Morgan fingerprint density at radius 2 is 0.923 bits per heavy atom. The summed E-state index contributed by atoms with van der Waals surface area (Å²) >= 11 is 0. The van der Waals surface area contributed by atoms with Crippen molar-refractivity contribution in [3.8, 4) is 33.4 Å². The predicted molar refractivity (Wildman–Crippen MR) is 220 cm³/mol. The summed E-state index contributed by atoms with van der Waals surface area (Å²) in [6, 6.07) is 71.7. The van der Waals surface area contributed by atoms with Crippen LogP contribution in [0.25, 0.3) is 76.9 Å². The summed E-state index contributed by atoms with van der Waals surface area (Å²) in [5, 5.41) is 7.20. The highest BCUT2D eigenvalue weighted by Gasteiger charge is 2.20. The summed E-state index contributed by atoms with van der Waals surface area (Å²) in [5.41, 5.74) is 12.2.